The molecule has 2 rings (SSSR count). The van der Waals surface area contributed by atoms with Gasteiger partial charge >= 0.3 is 0 Å². The molecule has 0 radical (unpaired) electrons. The summed E-state index contributed by atoms with van der Waals surface area (Å²) >= 11 is 0. The molecule has 0 amide bonds. The van der Waals surface area contributed by atoms with E-state index < -0.39 is 11.6 Å². The Morgan fingerprint density at radius 3 is 2.26 bits per heavy atom. The third-order valence-electron chi connectivity index (χ3n) is 3.02. The quantitative estimate of drug-likeness (QED) is 0.661. The zero-order valence-electron chi connectivity index (χ0n) is 10.8. The van der Waals surface area contributed by atoms with Crippen LogP contribution in [0, 0.1) is 25.5 Å². The molecule has 0 fully saturated rings. The standard InChI is InChI=1S/C14H16F2N2O/c1-8-3-13(9(2)19-8)14(18-17)6-10-4-11(15)7-12(16)5-10/h3-5,7,14,18H,6,17H2,1-2H3. The van der Waals surface area contributed by atoms with Gasteiger partial charge in [0.2, 0.25) is 0 Å². The van der Waals surface area contributed by atoms with Crippen molar-refractivity contribution in [2.75, 3.05) is 0 Å². The molecule has 0 aliphatic rings. The van der Waals surface area contributed by atoms with Crippen molar-refractivity contribution in [3.63, 3.8) is 0 Å². The number of benzene rings is 1. The van der Waals surface area contributed by atoms with Gasteiger partial charge < -0.3 is 4.42 Å². The highest BCUT2D eigenvalue weighted by Gasteiger charge is 2.17. The maximum Gasteiger partial charge on any atom is 0.126 e. The van der Waals surface area contributed by atoms with Crippen molar-refractivity contribution in [3.05, 3.63) is 58.5 Å². The molecule has 3 N–H and O–H groups in total. The zero-order valence-corrected chi connectivity index (χ0v) is 10.8. The van der Waals surface area contributed by atoms with Gasteiger partial charge in [0.25, 0.3) is 0 Å². The molecular weight excluding hydrogens is 250 g/mol. The van der Waals surface area contributed by atoms with Gasteiger partial charge in [-0.25, -0.2) is 8.78 Å². The van der Waals surface area contributed by atoms with Crippen LogP contribution in [0.15, 0.2) is 28.7 Å². The molecule has 1 aromatic heterocycles. The molecule has 1 unspecified atom stereocenters. The molecule has 102 valence electrons. The first kappa shape index (κ1) is 13.7. The van der Waals surface area contributed by atoms with Gasteiger partial charge in [0, 0.05) is 11.6 Å². The first-order valence-corrected chi connectivity index (χ1v) is 5.97. The normalized spacial score (nSPS) is 12.7. The van der Waals surface area contributed by atoms with Crippen molar-refractivity contribution in [1.29, 1.82) is 0 Å². The average Bonchev–Trinajstić information content (AvgIpc) is 2.64. The molecule has 0 aliphatic heterocycles. The van der Waals surface area contributed by atoms with Gasteiger partial charge in [0.15, 0.2) is 0 Å². The Bertz CT molecular complexity index is 561. The Kier molecular flexibility index (Phi) is 3.97. The van der Waals surface area contributed by atoms with E-state index >= 15 is 0 Å². The van der Waals surface area contributed by atoms with Gasteiger partial charge in [-0.05, 0) is 44.0 Å². The van der Waals surface area contributed by atoms with Gasteiger partial charge in [-0.15, -0.1) is 0 Å². The summed E-state index contributed by atoms with van der Waals surface area (Å²) < 4.78 is 31.8. The topological polar surface area (TPSA) is 51.2 Å². The number of hydrogen-bond donors (Lipinski definition) is 2. The lowest BCUT2D eigenvalue weighted by Crippen LogP contribution is -2.29. The molecule has 0 bridgehead atoms. The smallest absolute Gasteiger partial charge is 0.126 e. The molecule has 0 saturated heterocycles. The predicted octanol–water partition coefficient (Wildman–Crippen LogP) is 2.92. The molecule has 0 aliphatic carbocycles. The second kappa shape index (κ2) is 5.50. The van der Waals surface area contributed by atoms with Crippen LogP contribution >= 0.6 is 0 Å². The Morgan fingerprint density at radius 1 is 1.16 bits per heavy atom. The van der Waals surface area contributed by atoms with Crippen LogP contribution in [-0.4, -0.2) is 0 Å². The van der Waals surface area contributed by atoms with Gasteiger partial charge in [0.1, 0.15) is 23.2 Å². The Hall–Kier alpha value is -1.72. The highest BCUT2D eigenvalue weighted by Crippen LogP contribution is 2.24. The number of hydrazine groups is 1. The summed E-state index contributed by atoms with van der Waals surface area (Å²) in [6, 6.07) is 5.07. The third kappa shape index (κ3) is 3.19. The number of aryl methyl sites for hydroxylation is 2. The maximum atomic E-state index is 13.2. The van der Waals surface area contributed by atoms with Crippen LogP contribution in [0.5, 0.6) is 0 Å². The van der Waals surface area contributed by atoms with Gasteiger partial charge in [-0.3, -0.25) is 11.3 Å². The van der Waals surface area contributed by atoms with Crippen molar-refractivity contribution in [1.82, 2.24) is 5.43 Å². The van der Waals surface area contributed by atoms with Crippen LogP contribution in [0.4, 0.5) is 8.78 Å². The molecule has 19 heavy (non-hydrogen) atoms. The molecule has 0 spiro atoms. The van der Waals surface area contributed by atoms with Crippen molar-refractivity contribution >= 4 is 0 Å². The number of nitrogens with one attached hydrogen (secondary N) is 1. The first-order valence-electron chi connectivity index (χ1n) is 5.97. The van der Waals surface area contributed by atoms with Crippen LogP contribution in [0.3, 0.4) is 0 Å². The van der Waals surface area contributed by atoms with Crippen molar-refractivity contribution in [2.45, 2.75) is 26.3 Å². The SMILES string of the molecule is Cc1cc(C(Cc2cc(F)cc(F)c2)NN)c(C)o1. The van der Waals surface area contributed by atoms with Crippen molar-refractivity contribution in [3.8, 4) is 0 Å². The highest BCUT2D eigenvalue weighted by atomic mass is 19.1. The lowest BCUT2D eigenvalue weighted by Gasteiger charge is -2.15. The second-order valence-corrected chi connectivity index (χ2v) is 4.57. The van der Waals surface area contributed by atoms with E-state index in [-0.39, 0.29) is 6.04 Å². The summed E-state index contributed by atoms with van der Waals surface area (Å²) in [6.07, 6.45) is 0.380. The summed E-state index contributed by atoms with van der Waals surface area (Å²) in [7, 11) is 0. The molecule has 3 nitrogen and oxygen atoms in total. The largest absolute Gasteiger partial charge is 0.466 e. The van der Waals surface area contributed by atoms with Crippen LogP contribution in [0.2, 0.25) is 0 Å². The molecular formula is C14H16F2N2O. The predicted molar refractivity (Wildman–Crippen MR) is 68.3 cm³/mol. The zero-order chi connectivity index (χ0) is 14.0. The first-order chi connectivity index (χ1) is 8.99. The summed E-state index contributed by atoms with van der Waals surface area (Å²) in [5.74, 6) is 5.87. The Labute approximate surface area is 110 Å². The van der Waals surface area contributed by atoms with Gasteiger partial charge in [-0.1, -0.05) is 0 Å². The van der Waals surface area contributed by atoms with Crippen molar-refractivity contribution in [2.24, 2.45) is 5.84 Å². The van der Waals surface area contributed by atoms with E-state index in [0.29, 0.717) is 12.0 Å². The lowest BCUT2D eigenvalue weighted by atomic mass is 9.99. The second-order valence-electron chi connectivity index (χ2n) is 4.57. The fraction of sp³-hybridized carbons (Fsp3) is 0.286. The van der Waals surface area contributed by atoms with Crippen molar-refractivity contribution < 1.29 is 13.2 Å². The fourth-order valence-corrected chi connectivity index (χ4v) is 2.22. The Balaban J connectivity index is 2.26. The van der Waals surface area contributed by atoms with Crippen LogP contribution in [0.1, 0.15) is 28.7 Å². The molecule has 1 heterocycles. The van der Waals surface area contributed by atoms with E-state index in [4.69, 9.17) is 10.3 Å². The average molecular weight is 266 g/mol. The summed E-state index contributed by atoms with van der Waals surface area (Å²) in [4.78, 5) is 0. The summed E-state index contributed by atoms with van der Waals surface area (Å²) in [6.45, 7) is 3.67. The van der Waals surface area contributed by atoms with E-state index in [2.05, 4.69) is 5.43 Å². The van der Waals surface area contributed by atoms with Crippen LogP contribution in [0.25, 0.3) is 0 Å². The number of hydrogen-bond acceptors (Lipinski definition) is 3. The van der Waals surface area contributed by atoms with Gasteiger partial charge in [-0.2, -0.15) is 0 Å². The van der Waals surface area contributed by atoms with E-state index in [1.807, 2.05) is 19.9 Å². The van der Waals surface area contributed by atoms with E-state index in [0.717, 1.165) is 23.2 Å². The lowest BCUT2D eigenvalue weighted by molar-refractivity contribution is 0.483. The summed E-state index contributed by atoms with van der Waals surface area (Å²) in [5, 5.41) is 0. The Morgan fingerprint density at radius 2 is 1.79 bits per heavy atom. The monoisotopic (exact) mass is 266 g/mol. The molecule has 5 heteroatoms. The van der Waals surface area contributed by atoms with E-state index in [1.54, 1.807) is 0 Å². The van der Waals surface area contributed by atoms with Gasteiger partial charge in [0.05, 0.1) is 6.04 Å². The third-order valence-corrected chi connectivity index (χ3v) is 3.02. The van der Waals surface area contributed by atoms with Crippen LogP contribution in [-0.2, 0) is 6.42 Å². The maximum absolute atomic E-state index is 13.2. The molecule has 2 aromatic rings. The molecule has 0 saturated carbocycles. The minimum atomic E-state index is -0.592. The summed E-state index contributed by atoms with van der Waals surface area (Å²) in [5.41, 5.74) is 4.09. The minimum Gasteiger partial charge on any atom is -0.466 e. The minimum absolute atomic E-state index is 0.251. The van der Waals surface area contributed by atoms with E-state index in [1.165, 1.54) is 12.1 Å². The number of furan rings is 1. The molecule has 1 aromatic carbocycles. The number of rotatable bonds is 4. The number of nitrogens with two attached hydrogens (primary N) is 1. The molecule has 1 atom stereocenters. The highest BCUT2D eigenvalue weighted by molar-refractivity contribution is 5.27. The number of halogens is 2. The van der Waals surface area contributed by atoms with Crippen LogP contribution < -0.4 is 11.3 Å². The van der Waals surface area contributed by atoms with E-state index in [9.17, 15) is 8.78 Å². The fourth-order valence-electron chi connectivity index (χ4n) is 2.22.